The third-order valence-corrected chi connectivity index (χ3v) is 6.04. The Morgan fingerprint density at radius 1 is 1.39 bits per heavy atom. The SMILES string of the molecule is CC(C)(C)OC(=O)N1CCC2(CC1(C)C)NCCc1ccsc12. The molecule has 1 amide bonds. The van der Waals surface area contributed by atoms with Gasteiger partial charge in [-0.25, -0.2) is 4.79 Å². The lowest BCUT2D eigenvalue weighted by Gasteiger charge is -2.52. The van der Waals surface area contributed by atoms with Gasteiger partial charge in [-0.1, -0.05) is 0 Å². The summed E-state index contributed by atoms with van der Waals surface area (Å²) in [6.07, 6.45) is 2.78. The molecule has 2 aliphatic rings. The number of fused-ring (bicyclic) bond motifs is 2. The Balaban J connectivity index is 1.83. The van der Waals surface area contributed by atoms with Crippen molar-refractivity contribution in [1.82, 2.24) is 10.2 Å². The first-order valence-corrected chi connectivity index (χ1v) is 9.34. The summed E-state index contributed by atoms with van der Waals surface area (Å²) in [6.45, 7) is 11.8. The summed E-state index contributed by atoms with van der Waals surface area (Å²) in [6, 6.07) is 2.26. The molecule has 1 aromatic heterocycles. The number of hydrogen-bond donors (Lipinski definition) is 1. The van der Waals surface area contributed by atoms with Crippen molar-refractivity contribution in [2.45, 2.75) is 70.6 Å². The normalized spacial score (nSPS) is 26.9. The summed E-state index contributed by atoms with van der Waals surface area (Å²) in [5, 5.41) is 5.97. The van der Waals surface area contributed by atoms with Gasteiger partial charge in [0.15, 0.2) is 0 Å². The van der Waals surface area contributed by atoms with Crippen LogP contribution in [0.4, 0.5) is 4.79 Å². The van der Waals surface area contributed by atoms with E-state index >= 15 is 0 Å². The van der Waals surface area contributed by atoms with Gasteiger partial charge in [-0.3, -0.25) is 0 Å². The number of likely N-dealkylation sites (tertiary alicyclic amines) is 1. The fourth-order valence-corrected chi connectivity index (χ4v) is 5.16. The Bertz CT molecular complexity index is 602. The molecule has 0 bridgehead atoms. The van der Waals surface area contributed by atoms with Crippen molar-refractivity contribution in [3.05, 3.63) is 21.9 Å². The molecular weight excluding hydrogens is 308 g/mol. The van der Waals surface area contributed by atoms with Crippen LogP contribution in [0.1, 0.15) is 57.9 Å². The Kier molecular flexibility index (Phi) is 4.00. The van der Waals surface area contributed by atoms with Crippen molar-refractivity contribution in [3.8, 4) is 0 Å². The lowest BCUT2D eigenvalue weighted by molar-refractivity contribution is -0.0244. The predicted octanol–water partition coefficient (Wildman–Crippen LogP) is 3.90. The number of rotatable bonds is 0. The molecule has 128 valence electrons. The minimum atomic E-state index is -0.452. The minimum absolute atomic E-state index is 0.0176. The van der Waals surface area contributed by atoms with Crippen LogP contribution in [0.15, 0.2) is 11.4 Å². The number of piperidine rings is 1. The van der Waals surface area contributed by atoms with Crippen LogP contribution in [0, 0.1) is 0 Å². The highest BCUT2D eigenvalue weighted by Gasteiger charge is 2.49. The highest BCUT2D eigenvalue weighted by atomic mass is 32.1. The largest absolute Gasteiger partial charge is 0.444 e. The van der Waals surface area contributed by atoms with E-state index in [1.54, 1.807) is 0 Å². The number of amides is 1. The Labute approximate surface area is 143 Å². The van der Waals surface area contributed by atoms with Crippen molar-refractivity contribution in [1.29, 1.82) is 0 Å². The van der Waals surface area contributed by atoms with Crippen molar-refractivity contribution >= 4 is 17.4 Å². The van der Waals surface area contributed by atoms with Crippen molar-refractivity contribution in [2.24, 2.45) is 0 Å². The fraction of sp³-hybridized carbons (Fsp3) is 0.722. The molecule has 0 radical (unpaired) electrons. The zero-order chi connectivity index (χ0) is 16.9. The zero-order valence-corrected chi connectivity index (χ0v) is 15.7. The summed E-state index contributed by atoms with van der Waals surface area (Å²) >= 11 is 1.85. The van der Waals surface area contributed by atoms with Crippen molar-refractivity contribution < 1.29 is 9.53 Å². The summed E-state index contributed by atoms with van der Waals surface area (Å²) in [4.78, 5) is 16.0. The van der Waals surface area contributed by atoms with E-state index in [-0.39, 0.29) is 17.2 Å². The van der Waals surface area contributed by atoms with Gasteiger partial charge in [0, 0.05) is 23.5 Å². The summed E-state index contributed by atoms with van der Waals surface area (Å²) in [5.41, 5.74) is 0.817. The molecule has 1 aromatic rings. The highest BCUT2D eigenvalue weighted by molar-refractivity contribution is 7.10. The van der Waals surface area contributed by atoms with E-state index in [0.717, 1.165) is 32.4 Å². The number of ether oxygens (including phenoxy) is 1. The molecular formula is C18H28N2O2S. The van der Waals surface area contributed by atoms with E-state index in [2.05, 4.69) is 30.6 Å². The standard InChI is InChI=1S/C18H28N2O2S/c1-16(2,3)22-15(21)20-10-8-18(12-17(20,4)5)14-13(6-9-19-18)7-11-23-14/h7,11,19H,6,8-10,12H2,1-5H3. The van der Waals surface area contributed by atoms with Crippen LogP contribution in [0.2, 0.25) is 0 Å². The number of nitrogens with zero attached hydrogens (tertiary/aromatic N) is 1. The summed E-state index contributed by atoms with van der Waals surface area (Å²) in [7, 11) is 0. The highest BCUT2D eigenvalue weighted by Crippen LogP contribution is 2.46. The molecule has 4 nitrogen and oxygen atoms in total. The van der Waals surface area contributed by atoms with Gasteiger partial charge in [-0.2, -0.15) is 0 Å². The molecule has 5 heteroatoms. The lowest BCUT2D eigenvalue weighted by atomic mass is 9.73. The molecule has 3 heterocycles. The van der Waals surface area contributed by atoms with Crippen LogP contribution in [0.25, 0.3) is 0 Å². The first-order valence-electron chi connectivity index (χ1n) is 8.46. The second kappa shape index (κ2) is 5.49. The monoisotopic (exact) mass is 336 g/mol. The van der Waals surface area contributed by atoms with Gasteiger partial charge >= 0.3 is 6.09 Å². The predicted molar refractivity (Wildman–Crippen MR) is 94.0 cm³/mol. The number of carbonyl (C=O) groups is 1. The van der Waals surface area contributed by atoms with Gasteiger partial charge in [-0.05, 0) is 70.9 Å². The van der Waals surface area contributed by atoms with E-state index in [1.165, 1.54) is 10.4 Å². The van der Waals surface area contributed by atoms with Gasteiger partial charge < -0.3 is 15.0 Å². The van der Waals surface area contributed by atoms with Crippen molar-refractivity contribution in [2.75, 3.05) is 13.1 Å². The second-order valence-electron chi connectivity index (χ2n) is 8.41. The third kappa shape index (κ3) is 3.13. The molecule has 3 rings (SSSR count). The third-order valence-electron chi connectivity index (χ3n) is 4.88. The molecule has 23 heavy (non-hydrogen) atoms. The van der Waals surface area contributed by atoms with Crippen molar-refractivity contribution in [3.63, 3.8) is 0 Å². The average Bonchev–Trinajstić information content (AvgIpc) is 2.85. The van der Waals surface area contributed by atoms with Crippen LogP contribution >= 0.6 is 11.3 Å². The average molecular weight is 337 g/mol. The second-order valence-corrected chi connectivity index (χ2v) is 9.32. The van der Waals surface area contributed by atoms with Crippen LogP contribution in [0.3, 0.4) is 0 Å². The zero-order valence-electron chi connectivity index (χ0n) is 14.9. The van der Waals surface area contributed by atoms with Gasteiger partial charge in [-0.15, -0.1) is 11.3 Å². The summed E-state index contributed by atoms with van der Waals surface area (Å²) < 4.78 is 5.61. The Morgan fingerprint density at radius 3 is 2.78 bits per heavy atom. The van der Waals surface area contributed by atoms with E-state index in [9.17, 15) is 4.79 Å². The first-order chi connectivity index (χ1) is 10.6. The minimum Gasteiger partial charge on any atom is -0.444 e. The van der Waals surface area contributed by atoms with E-state index < -0.39 is 5.60 Å². The summed E-state index contributed by atoms with van der Waals surface area (Å²) in [5.74, 6) is 0. The molecule has 1 saturated heterocycles. The lowest BCUT2D eigenvalue weighted by Crippen LogP contribution is -2.62. The van der Waals surface area contributed by atoms with Gasteiger partial charge in [0.2, 0.25) is 0 Å². The van der Waals surface area contributed by atoms with Gasteiger partial charge in [0.25, 0.3) is 0 Å². The van der Waals surface area contributed by atoms with Crippen LogP contribution in [0.5, 0.6) is 0 Å². The molecule has 1 unspecified atom stereocenters. The maximum absolute atomic E-state index is 12.6. The van der Waals surface area contributed by atoms with Crippen LogP contribution < -0.4 is 5.32 Å². The molecule has 0 saturated carbocycles. The molecule has 1 spiro atoms. The molecule has 1 fully saturated rings. The first kappa shape index (κ1) is 16.8. The molecule has 2 aliphatic heterocycles. The number of carbonyl (C=O) groups excluding carboxylic acids is 1. The Morgan fingerprint density at radius 2 is 2.13 bits per heavy atom. The fourth-order valence-electron chi connectivity index (χ4n) is 4.00. The van der Waals surface area contributed by atoms with E-state index in [0.29, 0.717) is 0 Å². The molecule has 0 aliphatic carbocycles. The molecule has 0 aromatic carbocycles. The maximum atomic E-state index is 12.6. The smallest absolute Gasteiger partial charge is 0.410 e. The van der Waals surface area contributed by atoms with E-state index in [4.69, 9.17) is 4.74 Å². The quantitative estimate of drug-likeness (QED) is 0.781. The number of nitrogens with one attached hydrogen (secondary N) is 1. The molecule has 1 N–H and O–H groups in total. The van der Waals surface area contributed by atoms with Crippen LogP contribution in [-0.2, 0) is 16.7 Å². The number of hydrogen-bond acceptors (Lipinski definition) is 4. The molecule has 1 atom stereocenters. The van der Waals surface area contributed by atoms with Crippen LogP contribution in [-0.4, -0.2) is 35.2 Å². The number of thiophene rings is 1. The Hall–Kier alpha value is -1.07. The van der Waals surface area contributed by atoms with Gasteiger partial charge in [0.05, 0.1) is 5.54 Å². The topological polar surface area (TPSA) is 41.6 Å². The van der Waals surface area contributed by atoms with Gasteiger partial charge in [0.1, 0.15) is 5.60 Å². The van der Waals surface area contributed by atoms with E-state index in [1.807, 2.05) is 37.0 Å². The maximum Gasteiger partial charge on any atom is 0.410 e.